The molecule has 2 N–H and O–H groups in total. The van der Waals surface area contributed by atoms with Crippen molar-refractivity contribution in [1.82, 2.24) is 19.7 Å². The first kappa shape index (κ1) is 9.06. The fraction of sp³-hybridized carbons (Fsp3) is 0. The van der Waals surface area contributed by atoms with Gasteiger partial charge in [-0.1, -0.05) is 0 Å². The van der Waals surface area contributed by atoms with Gasteiger partial charge < -0.3 is 15.8 Å². The van der Waals surface area contributed by atoms with Crippen LogP contribution in [0.2, 0.25) is 0 Å². The van der Waals surface area contributed by atoms with Gasteiger partial charge in [-0.05, 0) is 4.92 Å². The van der Waals surface area contributed by atoms with Crippen LogP contribution in [0.15, 0.2) is 24.7 Å². The molecule has 8 heteroatoms. The number of hydrogen-bond acceptors (Lipinski definition) is 6. The van der Waals surface area contributed by atoms with Crippen LogP contribution >= 0.6 is 0 Å². The molecule has 0 fully saturated rings. The van der Waals surface area contributed by atoms with Gasteiger partial charge in [0.05, 0.1) is 17.4 Å². The lowest BCUT2D eigenvalue weighted by atomic mass is 10.6. The van der Waals surface area contributed by atoms with Crippen LogP contribution in [-0.2, 0) is 0 Å². The Hall–Kier alpha value is -2.51. The third-order valence-corrected chi connectivity index (χ3v) is 1.69. The van der Waals surface area contributed by atoms with Crippen molar-refractivity contribution in [3.63, 3.8) is 0 Å². The van der Waals surface area contributed by atoms with E-state index in [0.29, 0.717) is 0 Å². The predicted octanol–water partition coefficient (Wildman–Crippen LogP) is 0.153. The van der Waals surface area contributed by atoms with E-state index >= 15 is 0 Å². The molecule has 2 aromatic rings. The number of nitro groups is 1. The molecule has 8 nitrogen and oxygen atoms in total. The van der Waals surface area contributed by atoms with E-state index < -0.39 is 4.92 Å². The lowest BCUT2D eigenvalue weighted by Crippen LogP contribution is -2.05. The van der Waals surface area contributed by atoms with Crippen molar-refractivity contribution in [3.05, 3.63) is 34.8 Å². The molecule has 15 heavy (non-hydrogen) atoms. The summed E-state index contributed by atoms with van der Waals surface area (Å²) < 4.78 is 1.21. The third-order valence-electron chi connectivity index (χ3n) is 1.69. The average molecular weight is 206 g/mol. The van der Waals surface area contributed by atoms with Crippen LogP contribution in [0.25, 0.3) is 5.82 Å². The average Bonchev–Trinajstić information content (AvgIpc) is 2.67. The van der Waals surface area contributed by atoms with Crippen molar-refractivity contribution in [2.75, 3.05) is 5.73 Å². The number of aromatic nitrogens is 4. The van der Waals surface area contributed by atoms with Crippen molar-refractivity contribution in [2.45, 2.75) is 0 Å². The first-order valence-corrected chi connectivity index (χ1v) is 3.95. The van der Waals surface area contributed by atoms with Crippen LogP contribution in [0.5, 0.6) is 0 Å². The van der Waals surface area contributed by atoms with E-state index in [1.54, 1.807) is 0 Å². The molecule has 0 saturated carbocycles. The molecule has 2 aromatic heterocycles. The van der Waals surface area contributed by atoms with Crippen molar-refractivity contribution in [1.29, 1.82) is 0 Å². The molecule has 0 bridgehead atoms. The van der Waals surface area contributed by atoms with E-state index in [4.69, 9.17) is 5.73 Å². The minimum Gasteiger partial charge on any atom is -0.380 e. The zero-order valence-corrected chi connectivity index (χ0v) is 7.44. The van der Waals surface area contributed by atoms with Gasteiger partial charge in [0.15, 0.2) is 5.82 Å². The molecule has 0 saturated heterocycles. The highest BCUT2D eigenvalue weighted by atomic mass is 16.6. The molecule has 0 amide bonds. The summed E-state index contributed by atoms with van der Waals surface area (Å²) >= 11 is 0. The predicted molar refractivity (Wildman–Crippen MR) is 50.2 cm³/mol. The fourth-order valence-electron chi connectivity index (χ4n) is 1.05. The maximum atomic E-state index is 10.4. The van der Waals surface area contributed by atoms with Crippen LogP contribution in [0.4, 0.5) is 11.6 Å². The topological polar surface area (TPSA) is 113 Å². The number of nitrogen functional groups attached to an aromatic ring is 1. The number of anilines is 1. The summed E-state index contributed by atoms with van der Waals surface area (Å²) in [4.78, 5) is 17.5. The Labute approximate surface area is 83.5 Å². The minimum atomic E-state index is -0.594. The number of nitrogens with zero attached hydrogens (tertiary/aromatic N) is 5. The van der Waals surface area contributed by atoms with Gasteiger partial charge in [0.1, 0.15) is 0 Å². The fourth-order valence-corrected chi connectivity index (χ4v) is 1.05. The van der Waals surface area contributed by atoms with Crippen LogP contribution in [0.1, 0.15) is 0 Å². The second-order valence-corrected chi connectivity index (χ2v) is 2.64. The summed E-state index contributed by atoms with van der Waals surface area (Å²) in [5, 5.41) is 14.1. The Morgan fingerprint density at radius 1 is 1.40 bits per heavy atom. The van der Waals surface area contributed by atoms with Crippen molar-refractivity contribution in [2.24, 2.45) is 0 Å². The van der Waals surface area contributed by atoms with Crippen LogP contribution < -0.4 is 5.73 Å². The lowest BCUT2D eigenvalue weighted by Gasteiger charge is -1.97. The molecule has 0 aromatic carbocycles. The van der Waals surface area contributed by atoms with E-state index in [0.717, 1.165) is 0 Å². The molecular weight excluding hydrogens is 200 g/mol. The summed E-state index contributed by atoms with van der Waals surface area (Å²) in [6, 6.07) is 1.26. The Balaban J connectivity index is 2.46. The Kier molecular flexibility index (Phi) is 2.01. The molecule has 0 aliphatic carbocycles. The summed E-state index contributed by atoms with van der Waals surface area (Å²) in [6.45, 7) is 0. The molecule has 0 aliphatic rings. The van der Waals surface area contributed by atoms with E-state index in [1.807, 2.05) is 0 Å². The van der Waals surface area contributed by atoms with E-state index in [1.165, 1.54) is 29.3 Å². The summed E-state index contributed by atoms with van der Waals surface area (Å²) in [7, 11) is 0. The molecule has 0 spiro atoms. The molecular formula is C7H6N6O2. The van der Waals surface area contributed by atoms with Crippen molar-refractivity contribution >= 4 is 11.6 Å². The molecule has 0 radical (unpaired) electrons. The largest absolute Gasteiger partial charge is 0.390 e. The standard InChI is InChI=1S/C7H6N6O2/c8-6-7(10-3-2-9-6)12-4-1-5(11-12)13(14)15/h1-4H,(H2,8,9). The van der Waals surface area contributed by atoms with Gasteiger partial charge in [0.2, 0.25) is 5.82 Å². The number of nitrogens with two attached hydrogens (primary N) is 1. The highest BCUT2D eigenvalue weighted by Crippen LogP contribution is 2.12. The monoisotopic (exact) mass is 206 g/mol. The van der Waals surface area contributed by atoms with E-state index in [-0.39, 0.29) is 17.5 Å². The van der Waals surface area contributed by atoms with Crippen LogP contribution in [-0.4, -0.2) is 24.7 Å². The van der Waals surface area contributed by atoms with Gasteiger partial charge in [-0.25, -0.2) is 9.97 Å². The smallest absolute Gasteiger partial charge is 0.380 e. The molecule has 0 unspecified atom stereocenters. The molecule has 2 rings (SSSR count). The second kappa shape index (κ2) is 3.33. The van der Waals surface area contributed by atoms with E-state index in [9.17, 15) is 10.1 Å². The van der Waals surface area contributed by atoms with Gasteiger partial charge in [0.25, 0.3) is 0 Å². The summed E-state index contributed by atoms with van der Waals surface area (Å²) in [5.41, 5.74) is 5.53. The van der Waals surface area contributed by atoms with Gasteiger partial charge in [-0.15, -0.1) is 4.68 Å². The van der Waals surface area contributed by atoms with Gasteiger partial charge in [0, 0.05) is 12.4 Å². The highest BCUT2D eigenvalue weighted by molar-refractivity contribution is 5.45. The number of hydrogen-bond donors (Lipinski definition) is 1. The molecule has 2 heterocycles. The first-order valence-electron chi connectivity index (χ1n) is 3.95. The lowest BCUT2D eigenvalue weighted by molar-refractivity contribution is -0.389. The van der Waals surface area contributed by atoms with Crippen molar-refractivity contribution < 1.29 is 4.92 Å². The normalized spacial score (nSPS) is 10.1. The van der Waals surface area contributed by atoms with E-state index in [2.05, 4.69) is 15.1 Å². The quantitative estimate of drug-likeness (QED) is 0.552. The van der Waals surface area contributed by atoms with Crippen LogP contribution in [0.3, 0.4) is 0 Å². The molecule has 0 atom stereocenters. The Bertz CT molecular complexity index is 508. The zero-order chi connectivity index (χ0) is 10.8. The van der Waals surface area contributed by atoms with Gasteiger partial charge in [-0.3, -0.25) is 0 Å². The maximum absolute atomic E-state index is 10.4. The molecule has 0 aliphatic heterocycles. The van der Waals surface area contributed by atoms with Gasteiger partial charge in [-0.2, -0.15) is 0 Å². The highest BCUT2D eigenvalue weighted by Gasteiger charge is 2.14. The third kappa shape index (κ3) is 1.59. The van der Waals surface area contributed by atoms with Crippen LogP contribution in [0, 0.1) is 10.1 Å². The maximum Gasteiger partial charge on any atom is 0.390 e. The second-order valence-electron chi connectivity index (χ2n) is 2.64. The summed E-state index contributed by atoms with van der Waals surface area (Å²) in [5.74, 6) is 0.168. The Morgan fingerprint density at radius 3 is 2.73 bits per heavy atom. The SMILES string of the molecule is Nc1nccnc1-n1ccc([N+](=O)[O-])n1. The zero-order valence-electron chi connectivity index (χ0n) is 7.44. The Morgan fingerprint density at radius 2 is 2.13 bits per heavy atom. The van der Waals surface area contributed by atoms with Crippen molar-refractivity contribution in [3.8, 4) is 5.82 Å². The summed E-state index contributed by atoms with van der Waals surface area (Å²) in [6.07, 6.45) is 4.26. The first-order chi connectivity index (χ1) is 7.18. The van der Waals surface area contributed by atoms with Gasteiger partial charge >= 0.3 is 5.82 Å². The minimum absolute atomic E-state index is 0.162. The number of rotatable bonds is 2. The molecule has 76 valence electrons.